The maximum Gasteiger partial charge on any atom is 0.313 e. The second kappa shape index (κ2) is 11.0. The number of carbonyl (C=O) groups is 2. The minimum Gasteiger partial charge on any atom is -0.494 e. The molecule has 0 aliphatic carbocycles. The molecule has 0 aliphatic rings. The fourth-order valence-corrected chi connectivity index (χ4v) is 2.59. The van der Waals surface area contributed by atoms with E-state index in [4.69, 9.17) is 4.74 Å². The normalized spacial score (nSPS) is 11.5. The van der Waals surface area contributed by atoms with Crippen LogP contribution in [-0.2, 0) is 9.59 Å². The number of rotatable bonds is 9. The average Bonchev–Trinajstić information content (AvgIpc) is 2.71. The van der Waals surface area contributed by atoms with Gasteiger partial charge in [-0.1, -0.05) is 57.0 Å². The molecule has 5 heteroatoms. The van der Waals surface area contributed by atoms with Gasteiger partial charge in [0.05, 0.1) is 6.61 Å². The van der Waals surface area contributed by atoms with Crippen LogP contribution in [0.25, 0.3) is 0 Å². The summed E-state index contributed by atoms with van der Waals surface area (Å²) in [7, 11) is 0. The molecule has 2 aromatic rings. The van der Waals surface area contributed by atoms with Gasteiger partial charge in [-0.05, 0) is 42.2 Å². The van der Waals surface area contributed by atoms with Crippen LogP contribution in [0.1, 0.15) is 44.6 Å². The number of nitrogens with one attached hydrogen (secondary N) is 2. The first-order chi connectivity index (χ1) is 13.1. The topological polar surface area (TPSA) is 67.4 Å². The highest BCUT2D eigenvalue weighted by Gasteiger charge is 2.15. The van der Waals surface area contributed by atoms with Crippen molar-refractivity contribution < 1.29 is 14.3 Å². The van der Waals surface area contributed by atoms with Crippen LogP contribution in [0.15, 0.2) is 54.6 Å². The highest BCUT2D eigenvalue weighted by atomic mass is 16.5. The molecule has 2 amide bonds. The Labute approximate surface area is 161 Å². The zero-order chi connectivity index (χ0) is 19.5. The predicted molar refractivity (Wildman–Crippen MR) is 108 cm³/mol. The van der Waals surface area contributed by atoms with Gasteiger partial charge in [0.2, 0.25) is 0 Å². The lowest BCUT2D eigenvalue weighted by molar-refractivity contribution is -0.136. The summed E-state index contributed by atoms with van der Waals surface area (Å²) in [4.78, 5) is 24.0. The second-order valence-electron chi connectivity index (χ2n) is 6.56. The molecular formula is C22H28N2O3. The van der Waals surface area contributed by atoms with Crippen molar-refractivity contribution in [3.8, 4) is 5.75 Å². The summed E-state index contributed by atoms with van der Waals surface area (Å²) in [6.07, 6.45) is 3.32. The van der Waals surface area contributed by atoms with E-state index in [1.807, 2.05) is 37.3 Å². The number of anilines is 1. The Balaban J connectivity index is 1.76. The third-order valence-electron chi connectivity index (χ3n) is 4.27. The molecule has 0 radical (unpaired) electrons. The van der Waals surface area contributed by atoms with Crippen LogP contribution in [0.4, 0.5) is 5.69 Å². The van der Waals surface area contributed by atoms with Crippen molar-refractivity contribution in [2.75, 3.05) is 18.5 Å². The van der Waals surface area contributed by atoms with Gasteiger partial charge in [-0.2, -0.15) is 0 Å². The molecule has 5 nitrogen and oxygen atoms in total. The van der Waals surface area contributed by atoms with Crippen LogP contribution in [0, 0.1) is 0 Å². The quantitative estimate of drug-likeness (QED) is 0.517. The van der Waals surface area contributed by atoms with Crippen LogP contribution >= 0.6 is 0 Å². The predicted octanol–water partition coefficient (Wildman–Crippen LogP) is 4.11. The molecule has 0 fully saturated rings. The lowest BCUT2D eigenvalue weighted by Gasteiger charge is -2.13. The smallest absolute Gasteiger partial charge is 0.313 e. The summed E-state index contributed by atoms with van der Waals surface area (Å²) in [5, 5.41) is 5.28. The molecule has 0 saturated carbocycles. The van der Waals surface area contributed by atoms with E-state index in [1.165, 1.54) is 0 Å². The van der Waals surface area contributed by atoms with Crippen molar-refractivity contribution in [1.29, 1.82) is 0 Å². The van der Waals surface area contributed by atoms with Gasteiger partial charge >= 0.3 is 11.8 Å². The number of amides is 2. The number of unbranched alkanes of at least 4 members (excludes halogenated alkanes) is 2. The van der Waals surface area contributed by atoms with Gasteiger partial charge in [0.1, 0.15) is 5.75 Å². The highest BCUT2D eigenvalue weighted by Crippen LogP contribution is 2.16. The van der Waals surface area contributed by atoms with Crippen molar-refractivity contribution in [3.63, 3.8) is 0 Å². The molecule has 1 atom stereocenters. The van der Waals surface area contributed by atoms with Crippen molar-refractivity contribution >= 4 is 17.5 Å². The van der Waals surface area contributed by atoms with Gasteiger partial charge in [-0.25, -0.2) is 0 Å². The molecule has 0 aromatic heterocycles. The van der Waals surface area contributed by atoms with E-state index >= 15 is 0 Å². The summed E-state index contributed by atoms with van der Waals surface area (Å²) in [6, 6.07) is 16.9. The highest BCUT2D eigenvalue weighted by molar-refractivity contribution is 6.39. The molecule has 2 rings (SSSR count). The van der Waals surface area contributed by atoms with Crippen LogP contribution < -0.4 is 15.4 Å². The summed E-state index contributed by atoms with van der Waals surface area (Å²) in [5.74, 6) is -0.429. The molecule has 0 saturated heterocycles. The average molecular weight is 368 g/mol. The lowest BCUT2D eigenvalue weighted by atomic mass is 10.0. The Kier molecular flexibility index (Phi) is 8.36. The summed E-state index contributed by atoms with van der Waals surface area (Å²) < 4.78 is 5.63. The number of hydrogen-bond donors (Lipinski definition) is 2. The van der Waals surface area contributed by atoms with E-state index in [2.05, 4.69) is 17.6 Å². The van der Waals surface area contributed by atoms with Crippen LogP contribution in [0.3, 0.4) is 0 Å². The summed E-state index contributed by atoms with van der Waals surface area (Å²) in [6.45, 7) is 5.24. The Morgan fingerprint density at radius 3 is 2.33 bits per heavy atom. The Bertz CT molecular complexity index is 714. The first-order valence-electron chi connectivity index (χ1n) is 9.47. The van der Waals surface area contributed by atoms with Crippen LogP contribution in [-0.4, -0.2) is 25.0 Å². The summed E-state index contributed by atoms with van der Waals surface area (Å²) in [5.41, 5.74) is 1.68. The molecule has 0 bridgehead atoms. The molecule has 0 unspecified atom stereocenters. The van der Waals surface area contributed by atoms with E-state index in [-0.39, 0.29) is 5.92 Å². The molecule has 0 spiro atoms. The van der Waals surface area contributed by atoms with Crippen molar-refractivity contribution in [2.45, 2.75) is 39.0 Å². The molecule has 27 heavy (non-hydrogen) atoms. The number of carbonyl (C=O) groups excluding carboxylic acids is 2. The third-order valence-corrected chi connectivity index (χ3v) is 4.27. The Morgan fingerprint density at radius 2 is 1.67 bits per heavy atom. The zero-order valence-corrected chi connectivity index (χ0v) is 16.0. The number of benzene rings is 2. The van der Waals surface area contributed by atoms with Gasteiger partial charge < -0.3 is 15.4 Å². The third kappa shape index (κ3) is 7.13. The van der Waals surface area contributed by atoms with E-state index in [9.17, 15) is 9.59 Å². The van der Waals surface area contributed by atoms with Crippen molar-refractivity contribution in [1.82, 2.24) is 5.32 Å². The number of hydrogen-bond acceptors (Lipinski definition) is 3. The van der Waals surface area contributed by atoms with Gasteiger partial charge in [0.25, 0.3) is 0 Å². The largest absolute Gasteiger partial charge is 0.494 e. The van der Waals surface area contributed by atoms with Crippen LogP contribution in [0.2, 0.25) is 0 Å². The molecule has 2 aromatic carbocycles. The maximum absolute atomic E-state index is 12.0. The van der Waals surface area contributed by atoms with Crippen molar-refractivity contribution in [3.05, 3.63) is 60.2 Å². The standard InChI is InChI=1S/C22H28N2O3/c1-3-4-8-15-27-20-13-11-19(12-14-20)24-22(26)21(25)23-16-17(2)18-9-6-5-7-10-18/h5-7,9-14,17H,3-4,8,15-16H2,1-2H3,(H,23,25)(H,24,26)/t17-/m1/s1. The zero-order valence-electron chi connectivity index (χ0n) is 16.0. The molecule has 2 N–H and O–H groups in total. The van der Waals surface area contributed by atoms with Crippen LogP contribution in [0.5, 0.6) is 5.75 Å². The molecule has 0 aliphatic heterocycles. The minimum absolute atomic E-state index is 0.132. The lowest BCUT2D eigenvalue weighted by Crippen LogP contribution is -2.37. The van der Waals surface area contributed by atoms with Gasteiger partial charge in [0, 0.05) is 12.2 Å². The summed E-state index contributed by atoms with van der Waals surface area (Å²) >= 11 is 0. The SMILES string of the molecule is CCCCCOc1ccc(NC(=O)C(=O)NC[C@@H](C)c2ccccc2)cc1. The first-order valence-corrected chi connectivity index (χ1v) is 9.47. The van der Waals surface area contributed by atoms with E-state index < -0.39 is 11.8 Å². The minimum atomic E-state index is -0.674. The number of ether oxygens (including phenoxy) is 1. The first kappa shape index (κ1) is 20.5. The Morgan fingerprint density at radius 1 is 0.963 bits per heavy atom. The van der Waals surface area contributed by atoms with E-state index in [0.717, 1.165) is 30.6 Å². The maximum atomic E-state index is 12.0. The molecular weight excluding hydrogens is 340 g/mol. The fourth-order valence-electron chi connectivity index (χ4n) is 2.59. The Hall–Kier alpha value is -2.82. The monoisotopic (exact) mass is 368 g/mol. The fraction of sp³-hybridized carbons (Fsp3) is 0.364. The molecule has 0 heterocycles. The van der Waals surface area contributed by atoms with E-state index in [1.54, 1.807) is 24.3 Å². The molecule has 144 valence electrons. The second-order valence-corrected chi connectivity index (χ2v) is 6.56. The van der Waals surface area contributed by atoms with Gasteiger partial charge in [-0.3, -0.25) is 9.59 Å². The van der Waals surface area contributed by atoms with Gasteiger partial charge in [-0.15, -0.1) is 0 Å². The van der Waals surface area contributed by atoms with E-state index in [0.29, 0.717) is 18.8 Å². The van der Waals surface area contributed by atoms with Crippen molar-refractivity contribution in [2.24, 2.45) is 0 Å². The van der Waals surface area contributed by atoms with Gasteiger partial charge in [0.15, 0.2) is 0 Å².